The Balaban J connectivity index is 2.28. The van der Waals surface area contributed by atoms with Gasteiger partial charge in [0.1, 0.15) is 17.7 Å². The van der Waals surface area contributed by atoms with Crippen LogP contribution in [0.2, 0.25) is 5.02 Å². The first-order valence-electron chi connectivity index (χ1n) is 6.34. The highest BCUT2D eigenvalue weighted by molar-refractivity contribution is 6.31. The first-order chi connectivity index (χ1) is 9.92. The third-order valence-electron chi connectivity index (χ3n) is 3.21. The van der Waals surface area contributed by atoms with E-state index in [0.29, 0.717) is 16.3 Å². The molecule has 2 aromatic carbocycles. The van der Waals surface area contributed by atoms with Crippen molar-refractivity contribution >= 4 is 17.3 Å². The number of aryl methyl sites for hydroxylation is 1. The van der Waals surface area contributed by atoms with Crippen LogP contribution in [-0.4, -0.2) is 0 Å². The molecule has 2 aromatic rings. The van der Waals surface area contributed by atoms with E-state index in [1.165, 1.54) is 19.1 Å². The molecule has 0 saturated carbocycles. The number of benzene rings is 2. The minimum absolute atomic E-state index is 0.228. The maximum absolute atomic E-state index is 13.9. The van der Waals surface area contributed by atoms with Crippen LogP contribution in [0.15, 0.2) is 30.3 Å². The summed E-state index contributed by atoms with van der Waals surface area (Å²) in [5.74, 6) is -0.919. The molecule has 0 aromatic heterocycles. The normalized spacial score (nSPS) is 11.8. The summed E-state index contributed by atoms with van der Waals surface area (Å²) >= 11 is 5.85. The van der Waals surface area contributed by atoms with E-state index in [4.69, 9.17) is 16.9 Å². The Morgan fingerprint density at radius 2 is 1.90 bits per heavy atom. The van der Waals surface area contributed by atoms with Crippen LogP contribution in [0.4, 0.5) is 14.5 Å². The second kappa shape index (κ2) is 6.11. The number of hydrogen-bond donors (Lipinski definition) is 1. The van der Waals surface area contributed by atoms with E-state index >= 15 is 0 Å². The molecule has 0 spiro atoms. The SMILES string of the molecule is Cc1cc(F)c(C(C)Nc2ccc(Cl)c(C#N)c2)cc1F. The van der Waals surface area contributed by atoms with Crippen molar-refractivity contribution in [1.82, 2.24) is 0 Å². The molecule has 21 heavy (non-hydrogen) atoms. The topological polar surface area (TPSA) is 35.8 Å². The molecule has 0 bridgehead atoms. The molecule has 0 aliphatic rings. The van der Waals surface area contributed by atoms with Gasteiger partial charge in [-0.1, -0.05) is 11.6 Å². The van der Waals surface area contributed by atoms with E-state index < -0.39 is 17.7 Å². The lowest BCUT2D eigenvalue weighted by molar-refractivity contribution is 0.571. The smallest absolute Gasteiger partial charge is 0.128 e. The predicted octanol–water partition coefficient (Wildman–Crippen LogP) is 4.97. The molecule has 0 radical (unpaired) electrons. The second-order valence-corrected chi connectivity index (χ2v) is 5.20. The molecule has 0 aliphatic heterocycles. The van der Waals surface area contributed by atoms with Gasteiger partial charge >= 0.3 is 0 Å². The molecule has 2 nitrogen and oxygen atoms in total. The first-order valence-corrected chi connectivity index (χ1v) is 6.72. The molecule has 0 amide bonds. The highest BCUT2D eigenvalue weighted by atomic mass is 35.5. The molecule has 0 saturated heterocycles. The number of nitrogens with one attached hydrogen (secondary N) is 1. The van der Waals surface area contributed by atoms with Gasteiger partial charge in [0, 0.05) is 11.3 Å². The number of rotatable bonds is 3. The predicted molar refractivity (Wildman–Crippen MR) is 79.3 cm³/mol. The highest BCUT2D eigenvalue weighted by Crippen LogP contribution is 2.26. The lowest BCUT2D eigenvalue weighted by atomic mass is 10.0. The number of halogens is 3. The molecule has 1 unspecified atom stereocenters. The van der Waals surface area contributed by atoms with Crippen LogP contribution >= 0.6 is 11.6 Å². The second-order valence-electron chi connectivity index (χ2n) is 4.80. The summed E-state index contributed by atoms with van der Waals surface area (Å²) in [7, 11) is 0. The summed E-state index contributed by atoms with van der Waals surface area (Å²) in [6, 6.07) is 8.71. The number of nitriles is 1. The molecule has 5 heteroatoms. The average molecular weight is 307 g/mol. The van der Waals surface area contributed by atoms with Crippen molar-refractivity contribution in [2.45, 2.75) is 19.9 Å². The zero-order valence-corrected chi connectivity index (χ0v) is 12.3. The summed E-state index contributed by atoms with van der Waals surface area (Å²) in [5, 5.41) is 12.3. The summed E-state index contributed by atoms with van der Waals surface area (Å²) in [5.41, 5.74) is 1.43. The van der Waals surface area contributed by atoms with Gasteiger partial charge in [-0.3, -0.25) is 0 Å². The number of anilines is 1. The molecular formula is C16H13ClF2N2. The fraction of sp³-hybridized carbons (Fsp3) is 0.188. The van der Waals surface area contributed by atoms with Crippen molar-refractivity contribution in [3.05, 3.63) is 63.7 Å². The van der Waals surface area contributed by atoms with Crippen molar-refractivity contribution in [2.24, 2.45) is 0 Å². The van der Waals surface area contributed by atoms with Gasteiger partial charge < -0.3 is 5.32 Å². The lowest BCUT2D eigenvalue weighted by Gasteiger charge is -2.17. The van der Waals surface area contributed by atoms with E-state index in [9.17, 15) is 8.78 Å². The van der Waals surface area contributed by atoms with Crippen molar-refractivity contribution in [1.29, 1.82) is 5.26 Å². The molecule has 1 N–H and O–H groups in total. The van der Waals surface area contributed by atoms with Crippen LogP contribution in [0.5, 0.6) is 0 Å². The van der Waals surface area contributed by atoms with E-state index in [1.807, 2.05) is 6.07 Å². The third-order valence-corrected chi connectivity index (χ3v) is 3.54. The Morgan fingerprint density at radius 1 is 1.19 bits per heavy atom. The van der Waals surface area contributed by atoms with Crippen LogP contribution in [-0.2, 0) is 0 Å². The Hall–Kier alpha value is -2.12. The molecule has 1 atom stereocenters. The molecular weight excluding hydrogens is 294 g/mol. The van der Waals surface area contributed by atoms with Gasteiger partial charge in [0.2, 0.25) is 0 Å². The summed E-state index contributed by atoms with van der Waals surface area (Å²) in [6.07, 6.45) is 0. The maximum Gasteiger partial charge on any atom is 0.128 e. The minimum Gasteiger partial charge on any atom is -0.378 e. The van der Waals surface area contributed by atoms with Gasteiger partial charge in [-0.15, -0.1) is 0 Å². The van der Waals surface area contributed by atoms with Gasteiger partial charge in [-0.25, -0.2) is 8.78 Å². The third kappa shape index (κ3) is 3.32. The Morgan fingerprint density at radius 3 is 2.57 bits per heavy atom. The van der Waals surface area contributed by atoms with Gasteiger partial charge in [-0.2, -0.15) is 5.26 Å². The summed E-state index contributed by atoms with van der Waals surface area (Å²) in [4.78, 5) is 0. The quantitative estimate of drug-likeness (QED) is 0.869. The fourth-order valence-electron chi connectivity index (χ4n) is 2.02. The monoisotopic (exact) mass is 306 g/mol. The lowest BCUT2D eigenvalue weighted by Crippen LogP contribution is -2.09. The highest BCUT2D eigenvalue weighted by Gasteiger charge is 2.14. The Bertz CT molecular complexity index is 723. The first kappa shape index (κ1) is 15.3. The molecule has 0 aliphatic carbocycles. The molecule has 0 fully saturated rings. The number of nitrogens with zero attached hydrogens (tertiary/aromatic N) is 1. The largest absolute Gasteiger partial charge is 0.378 e. The van der Waals surface area contributed by atoms with Crippen LogP contribution in [0.25, 0.3) is 0 Å². The summed E-state index contributed by atoms with van der Waals surface area (Å²) in [6.45, 7) is 3.23. The van der Waals surface area contributed by atoms with Gasteiger partial charge in [0.15, 0.2) is 0 Å². The van der Waals surface area contributed by atoms with E-state index in [-0.39, 0.29) is 11.1 Å². The van der Waals surface area contributed by atoms with Crippen LogP contribution in [0, 0.1) is 29.9 Å². The molecule has 0 heterocycles. The zero-order valence-electron chi connectivity index (χ0n) is 11.5. The van der Waals surface area contributed by atoms with Gasteiger partial charge in [-0.05, 0) is 49.7 Å². The molecule has 108 valence electrons. The Kier molecular flexibility index (Phi) is 4.44. The van der Waals surface area contributed by atoms with E-state index in [2.05, 4.69) is 5.32 Å². The standard InChI is InChI=1S/C16H13ClF2N2/c1-9-5-16(19)13(7-15(9)18)10(2)21-12-3-4-14(17)11(6-12)8-20/h3-7,10,21H,1-2H3. The fourth-order valence-corrected chi connectivity index (χ4v) is 2.18. The summed E-state index contributed by atoms with van der Waals surface area (Å²) < 4.78 is 27.5. The minimum atomic E-state index is -0.469. The molecule has 2 rings (SSSR count). The van der Waals surface area contributed by atoms with Crippen LogP contribution in [0.1, 0.15) is 29.7 Å². The van der Waals surface area contributed by atoms with Crippen LogP contribution < -0.4 is 5.32 Å². The van der Waals surface area contributed by atoms with Crippen molar-refractivity contribution < 1.29 is 8.78 Å². The van der Waals surface area contributed by atoms with Gasteiger partial charge in [0.05, 0.1) is 16.6 Å². The zero-order chi connectivity index (χ0) is 15.6. The average Bonchev–Trinajstić information content (AvgIpc) is 2.44. The van der Waals surface area contributed by atoms with E-state index in [1.54, 1.807) is 25.1 Å². The van der Waals surface area contributed by atoms with Crippen LogP contribution in [0.3, 0.4) is 0 Å². The number of hydrogen-bond acceptors (Lipinski definition) is 2. The van der Waals surface area contributed by atoms with Crippen molar-refractivity contribution in [3.63, 3.8) is 0 Å². The van der Waals surface area contributed by atoms with Gasteiger partial charge in [0.25, 0.3) is 0 Å². The maximum atomic E-state index is 13.9. The van der Waals surface area contributed by atoms with E-state index in [0.717, 1.165) is 0 Å². The van der Waals surface area contributed by atoms with Crippen molar-refractivity contribution in [2.75, 3.05) is 5.32 Å². The Labute approximate surface area is 127 Å². The van der Waals surface area contributed by atoms with Crippen molar-refractivity contribution in [3.8, 4) is 6.07 Å².